The minimum Gasteiger partial charge on any atom is -0.403 e. The predicted molar refractivity (Wildman–Crippen MR) is 117 cm³/mol. The van der Waals surface area contributed by atoms with Crippen LogP contribution < -0.4 is 5.63 Å². The van der Waals surface area contributed by atoms with Gasteiger partial charge in [-0.05, 0) is 54.8 Å². The molecule has 0 aliphatic carbocycles. The van der Waals surface area contributed by atoms with Gasteiger partial charge < -0.3 is 4.42 Å². The number of unbranched alkanes of at least 4 members (excludes halogenated alkanes) is 2. The van der Waals surface area contributed by atoms with E-state index in [1.165, 1.54) is 24.8 Å². The van der Waals surface area contributed by atoms with Crippen LogP contribution in [0.2, 0.25) is 5.02 Å². The van der Waals surface area contributed by atoms with Crippen LogP contribution in [0.5, 0.6) is 0 Å². The first-order valence-electron chi connectivity index (χ1n) is 9.80. The summed E-state index contributed by atoms with van der Waals surface area (Å²) in [7, 11) is 0. The lowest BCUT2D eigenvalue weighted by Crippen LogP contribution is -2.02. The highest BCUT2D eigenvalue weighted by molar-refractivity contribution is 6.31. The van der Waals surface area contributed by atoms with Crippen LogP contribution in [-0.2, 0) is 6.42 Å². The molecule has 0 aliphatic rings. The maximum Gasteiger partial charge on any atom is 0.347 e. The zero-order valence-corrected chi connectivity index (χ0v) is 16.9. The van der Waals surface area contributed by atoms with Crippen molar-refractivity contribution < 1.29 is 4.42 Å². The fourth-order valence-electron chi connectivity index (χ4n) is 3.27. The molecular formula is C24H21ClN2O2. The SMILES string of the molecule is CCCCCc1ccc(-c2ccc(-c3nc4cc(Cl)ccc4c(=O)o3)cc2)nc1. The van der Waals surface area contributed by atoms with Gasteiger partial charge in [0.25, 0.3) is 0 Å². The Hall–Kier alpha value is -2.98. The first-order valence-corrected chi connectivity index (χ1v) is 10.2. The molecule has 0 radical (unpaired) electrons. The van der Waals surface area contributed by atoms with Gasteiger partial charge in [-0.3, -0.25) is 4.98 Å². The Morgan fingerprint density at radius 3 is 2.48 bits per heavy atom. The molecule has 0 spiro atoms. The normalized spacial score (nSPS) is 11.1. The number of hydrogen-bond donors (Lipinski definition) is 0. The predicted octanol–water partition coefficient (Wildman–Crippen LogP) is 6.30. The minimum atomic E-state index is -0.425. The quantitative estimate of drug-likeness (QED) is 0.353. The van der Waals surface area contributed by atoms with Crippen molar-refractivity contribution in [2.75, 3.05) is 0 Å². The van der Waals surface area contributed by atoms with Gasteiger partial charge in [-0.1, -0.05) is 49.6 Å². The third-order valence-electron chi connectivity index (χ3n) is 4.91. The first kappa shape index (κ1) is 19.3. The first-order chi connectivity index (χ1) is 14.1. The number of aryl methyl sites for hydroxylation is 1. The van der Waals surface area contributed by atoms with Crippen molar-refractivity contribution >= 4 is 22.5 Å². The summed E-state index contributed by atoms with van der Waals surface area (Å²) < 4.78 is 5.40. The van der Waals surface area contributed by atoms with E-state index in [-0.39, 0.29) is 5.89 Å². The van der Waals surface area contributed by atoms with Gasteiger partial charge >= 0.3 is 5.63 Å². The van der Waals surface area contributed by atoms with Crippen molar-refractivity contribution in [2.45, 2.75) is 32.6 Å². The number of halogens is 1. The zero-order chi connectivity index (χ0) is 20.2. The second kappa shape index (κ2) is 8.58. The molecule has 0 aliphatic heterocycles. The third kappa shape index (κ3) is 4.38. The molecule has 4 rings (SSSR count). The Morgan fingerprint density at radius 1 is 0.966 bits per heavy atom. The number of hydrogen-bond acceptors (Lipinski definition) is 4. The number of nitrogens with zero attached hydrogens (tertiary/aromatic N) is 2. The van der Waals surface area contributed by atoms with Crippen LogP contribution in [0.3, 0.4) is 0 Å². The molecule has 0 N–H and O–H groups in total. The van der Waals surface area contributed by atoms with Crippen molar-refractivity contribution in [1.82, 2.24) is 9.97 Å². The highest BCUT2D eigenvalue weighted by atomic mass is 35.5. The van der Waals surface area contributed by atoms with E-state index in [0.717, 1.165) is 23.2 Å². The highest BCUT2D eigenvalue weighted by Crippen LogP contribution is 2.24. The summed E-state index contributed by atoms with van der Waals surface area (Å²) >= 11 is 6.02. The second-order valence-electron chi connectivity index (χ2n) is 7.05. The molecule has 0 bridgehead atoms. The molecule has 0 saturated carbocycles. The fourth-order valence-corrected chi connectivity index (χ4v) is 3.44. The average Bonchev–Trinajstić information content (AvgIpc) is 2.74. The number of pyridine rings is 1. The molecular weight excluding hydrogens is 384 g/mol. The Morgan fingerprint density at radius 2 is 1.76 bits per heavy atom. The smallest absolute Gasteiger partial charge is 0.347 e. The Kier molecular flexibility index (Phi) is 5.72. The van der Waals surface area contributed by atoms with Crippen molar-refractivity contribution in [3.8, 4) is 22.7 Å². The average molecular weight is 405 g/mol. The summed E-state index contributed by atoms with van der Waals surface area (Å²) in [5.41, 5.74) is 4.00. The summed E-state index contributed by atoms with van der Waals surface area (Å²) in [6.45, 7) is 2.21. The van der Waals surface area contributed by atoms with Crippen LogP contribution in [0.4, 0.5) is 0 Å². The Labute approximate surface area is 174 Å². The van der Waals surface area contributed by atoms with E-state index in [0.29, 0.717) is 15.9 Å². The third-order valence-corrected chi connectivity index (χ3v) is 5.15. The second-order valence-corrected chi connectivity index (χ2v) is 7.49. The lowest BCUT2D eigenvalue weighted by atomic mass is 10.1. The van der Waals surface area contributed by atoms with E-state index in [9.17, 15) is 4.79 Å². The van der Waals surface area contributed by atoms with E-state index >= 15 is 0 Å². The van der Waals surface area contributed by atoms with Gasteiger partial charge in [0.1, 0.15) is 0 Å². The molecule has 0 saturated heterocycles. The number of rotatable bonds is 6. The van der Waals surface area contributed by atoms with Crippen molar-refractivity contribution in [3.63, 3.8) is 0 Å². The Balaban J connectivity index is 1.58. The molecule has 0 unspecified atom stereocenters. The molecule has 4 aromatic rings. The number of aromatic nitrogens is 2. The molecule has 146 valence electrons. The summed E-state index contributed by atoms with van der Waals surface area (Å²) in [5, 5.41) is 0.944. The van der Waals surface area contributed by atoms with Gasteiger partial charge in [-0.25, -0.2) is 9.78 Å². The molecule has 4 nitrogen and oxygen atoms in total. The summed E-state index contributed by atoms with van der Waals surface area (Å²) in [4.78, 5) is 21.3. The van der Waals surface area contributed by atoms with Crippen LogP contribution in [0.1, 0.15) is 31.7 Å². The van der Waals surface area contributed by atoms with Gasteiger partial charge in [0.2, 0.25) is 5.89 Å². The van der Waals surface area contributed by atoms with Gasteiger partial charge in [0.05, 0.1) is 16.6 Å². The summed E-state index contributed by atoms with van der Waals surface area (Å²) in [6, 6.07) is 16.8. The van der Waals surface area contributed by atoms with Gasteiger partial charge in [0.15, 0.2) is 0 Å². The van der Waals surface area contributed by atoms with E-state index in [1.807, 2.05) is 36.5 Å². The molecule has 5 heteroatoms. The molecule has 0 amide bonds. The van der Waals surface area contributed by atoms with Crippen molar-refractivity contribution in [1.29, 1.82) is 0 Å². The van der Waals surface area contributed by atoms with Gasteiger partial charge in [-0.2, -0.15) is 0 Å². The van der Waals surface area contributed by atoms with E-state index < -0.39 is 5.63 Å². The molecule has 0 atom stereocenters. The van der Waals surface area contributed by atoms with E-state index in [2.05, 4.69) is 23.0 Å². The van der Waals surface area contributed by atoms with E-state index in [1.54, 1.807) is 18.2 Å². The van der Waals surface area contributed by atoms with Crippen LogP contribution in [0, 0.1) is 0 Å². The lowest BCUT2D eigenvalue weighted by Gasteiger charge is -2.06. The monoisotopic (exact) mass is 404 g/mol. The van der Waals surface area contributed by atoms with Crippen LogP contribution in [-0.4, -0.2) is 9.97 Å². The van der Waals surface area contributed by atoms with Crippen LogP contribution >= 0.6 is 11.6 Å². The van der Waals surface area contributed by atoms with Crippen molar-refractivity contribution in [3.05, 3.63) is 81.8 Å². The van der Waals surface area contributed by atoms with Gasteiger partial charge in [0, 0.05) is 22.3 Å². The number of benzene rings is 2. The highest BCUT2D eigenvalue weighted by Gasteiger charge is 2.10. The summed E-state index contributed by atoms with van der Waals surface area (Å²) in [6.07, 6.45) is 6.68. The zero-order valence-electron chi connectivity index (χ0n) is 16.2. The van der Waals surface area contributed by atoms with E-state index in [4.69, 9.17) is 16.0 Å². The standard InChI is InChI=1S/C24H21ClN2O2/c1-2-3-4-5-16-6-13-21(26-15-16)17-7-9-18(10-8-17)23-27-22-14-19(25)11-12-20(22)24(28)29-23/h6-15H,2-5H2,1H3. The van der Waals surface area contributed by atoms with Crippen molar-refractivity contribution in [2.24, 2.45) is 0 Å². The molecule has 2 heterocycles. The molecule has 0 fully saturated rings. The van der Waals surface area contributed by atoms with Crippen LogP contribution in [0.15, 0.2) is 70.0 Å². The minimum absolute atomic E-state index is 0.274. The lowest BCUT2D eigenvalue weighted by molar-refractivity contribution is 0.518. The maximum absolute atomic E-state index is 12.2. The van der Waals surface area contributed by atoms with Crippen LogP contribution in [0.25, 0.3) is 33.6 Å². The fraction of sp³-hybridized carbons (Fsp3) is 0.208. The molecule has 2 aromatic heterocycles. The summed E-state index contributed by atoms with van der Waals surface area (Å²) in [5.74, 6) is 0.274. The maximum atomic E-state index is 12.2. The Bertz CT molecular complexity index is 1180. The molecule has 2 aromatic carbocycles. The van der Waals surface area contributed by atoms with Gasteiger partial charge in [-0.15, -0.1) is 0 Å². The largest absolute Gasteiger partial charge is 0.403 e. The topological polar surface area (TPSA) is 56.0 Å². The molecule has 29 heavy (non-hydrogen) atoms. The number of fused-ring (bicyclic) bond motifs is 1.